The molecule has 0 saturated carbocycles. The fraction of sp³-hybridized carbons (Fsp3) is 0.370. The van der Waals surface area contributed by atoms with Gasteiger partial charge in [-0.05, 0) is 18.2 Å². The fourth-order valence-electron chi connectivity index (χ4n) is 5.20. The van der Waals surface area contributed by atoms with E-state index in [2.05, 4.69) is 11.6 Å². The summed E-state index contributed by atoms with van der Waals surface area (Å²) in [6.07, 6.45) is -3.80. The summed E-state index contributed by atoms with van der Waals surface area (Å²) in [6.45, 7) is 4.24. The average molecular weight is 631 g/mol. The third-order valence-electron chi connectivity index (χ3n) is 7.09. The van der Waals surface area contributed by atoms with Gasteiger partial charge in [-0.1, -0.05) is 18.2 Å². The number of piperazine rings is 1. The van der Waals surface area contributed by atoms with Gasteiger partial charge in [0.15, 0.2) is 0 Å². The largest absolute Gasteiger partial charge is 0.417 e. The molecule has 1 fully saturated rings. The summed E-state index contributed by atoms with van der Waals surface area (Å²) in [7, 11) is 1.42. The molecule has 1 amide bonds. The van der Waals surface area contributed by atoms with Crippen LogP contribution in [0.4, 0.5) is 27.8 Å². The van der Waals surface area contributed by atoms with E-state index in [1.54, 1.807) is 4.90 Å². The smallest absolute Gasteiger partial charge is 0.359 e. The molecule has 3 aromatic rings. The number of alkyl halides is 3. The Hall–Kier alpha value is -3.20. The lowest BCUT2D eigenvalue weighted by Crippen LogP contribution is -2.49. The fourth-order valence-corrected chi connectivity index (χ4v) is 6.67. The molecule has 0 unspecified atom stereocenters. The number of hydrogen-bond donors (Lipinski definition) is 0. The minimum Gasteiger partial charge on any atom is -0.359 e. The standard InChI is InChI=1S/C27H24ClF5N4O4S/c1-3-21(38)35-4-6-36(7-5-35)25-16-8-17(27(31,32)33)22(15-9-18(28)20(30)10-19(15)29)24-23(16)37(26(39)34-25)14(12-42-24)11-41-13-40-2/h3,8-10,14H,1,4-7,11-13H2,2H3/t14-/m0/s1. The van der Waals surface area contributed by atoms with Gasteiger partial charge in [0, 0.05) is 66.5 Å². The van der Waals surface area contributed by atoms with Gasteiger partial charge in [0.2, 0.25) is 5.91 Å². The van der Waals surface area contributed by atoms with Crippen molar-refractivity contribution in [1.29, 1.82) is 0 Å². The van der Waals surface area contributed by atoms with E-state index in [-0.39, 0.29) is 72.9 Å². The highest BCUT2D eigenvalue weighted by Crippen LogP contribution is 2.50. The van der Waals surface area contributed by atoms with Crippen molar-refractivity contribution < 1.29 is 36.2 Å². The zero-order chi connectivity index (χ0) is 30.3. The monoisotopic (exact) mass is 630 g/mol. The number of carbonyl (C=O) groups excluding carboxylic acids is 1. The van der Waals surface area contributed by atoms with E-state index in [1.807, 2.05) is 0 Å². The molecule has 2 aliphatic heterocycles. The Bertz CT molecular complexity index is 1630. The maximum absolute atomic E-state index is 15.1. The molecule has 5 rings (SSSR count). The van der Waals surface area contributed by atoms with Gasteiger partial charge in [-0.25, -0.2) is 13.6 Å². The quantitative estimate of drug-likeness (QED) is 0.118. The van der Waals surface area contributed by atoms with Crippen molar-refractivity contribution >= 4 is 46.0 Å². The van der Waals surface area contributed by atoms with Crippen molar-refractivity contribution in [3.05, 3.63) is 63.6 Å². The molecule has 1 saturated heterocycles. The lowest BCUT2D eigenvalue weighted by Gasteiger charge is -2.37. The number of nitrogens with zero attached hydrogens (tertiary/aromatic N) is 4. The highest BCUT2D eigenvalue weighted by Gasteiger charge is 2.40. The minimum atomic E-state index is -4.97. The number of amides is 1. The molecular formula is C27H24ClF5N4O4S. The number of aromatic nitrogens is 2. The van der Waals surface area contributed by atoms with Gasteiger partial charge >= 0.3 is 11.9 Å². The van der Waals surface area contributed by atoms with Gasteiger partial charge in [-0.15, -0.1) is 11.8 Å². The molecular weight excluding hydrogens is 607 g/mol. The topological polar surface area (TPSA) is 76.9 Å². The molecule has 0 N–H and O–H groups in total. The van der Waals surface area contributed by atoms with Crippen LogP contribution in [0.3, 0.4) is 0 Å². The first-order valence-corrected chi connectivity index (χ1v) is 14.0. The zero-order valence-corrected chi connectivity index (χ0v) is 23.7. The van der Waals surface area contributed by atoms with Crippen molar-refractivity contribution in [2.75, 3.05) is 57.3 Å². The Morgan fingerprint density at radius 1 is 1.19 bits per heavy atom. The third kappa shape index (κ3) is 5.48. The Balaban J connectivity index is 1.80. The van der Waals surface area contributed by atoms with Crippen molar-refractivity contribution in [3.63, 3.8) is 0 Å². The van der Waals surface area contributed by atoms with Crippen molar-refractivity contribution in [2.24, 2.45) is 0 Å². The number of rotatable bonds is 7. The second kappa shape index (κ2) is 11.8. The lowest BCUT2D eigenvalue weighted by molar-refractivity contribution is -0.137. The predicted molar refractivity (Wildman–Crippen MR) is 148 cm³/mol. The number of benzene rings is 2. The van der Waals surface area contributed by atoms with E-state index in [0.29, 0.717) is 6.07 Å². The summed E-state index contributed by atoms with van der Waals surface area (Å²) in [5, 5.41) is -0.542. The van der Waals surface area contributed by atoms with Crippen molar-refractivity contribution in [1.82, 2.24) is 14.5 Å². The first kappa shape index (κ1) is 30.3. The van der Waals surface area contributed by atoms with Crippen LogP contribution in [0.2, 0.25) is 5.02 Å². The van der Waals surface area contributed by atoms with Crippen LogP contribution in [0.5, 0.6) is 0 Å². The minimum absolute atomic E-state index is 0.00641. The average Bonchev–Trinajstić information content (AvgIpc) is 2.96. The maximum atomic E-state index is 15.1. The molecule has 0 bridgehead atoms. The molecule has 0 spiro atoms. The number of anilines is 1. The molecule has 0 radical (unpaired) electrons. The molecule has 3 heterocycles. The van der Waals surface area contributed by atoms with E-state index >= 15 is 4.39 Å². The number of halogens is 6. The Labute approximate surface area is 245 Å². The molecule has 2 aliphatic rings. The van der Waals surface area contributed by atoms with Crippen LogP contribution in [0.25, 0.3) is 22.0 Å². The number of ether oxygens (including phenoxy) is 2. The number of carbonyl (C=O) groups is 1. The molecule has 2 aromatic carbocycles. The first-order valence-electron chi connectivity index (χ1n) is 12.7. The second-order valence-corrected chi connectivity index (χ2v) is 11.1. The summed E-state index contributed by atoms with van der Waals surface area (Å²) in [4.78, 5) is 33.0. The number of hydrogen-bond acceptors (Lipinski definition) is 7. The predicted octanol–water partition coefficient (Wildman–Crippen LogP) is 5.12. The Morgan fingerprint density at radius 3 is 2.55 bits per heavy atom. The van der Waals surface area contributed by atoms with Gasteiger partial charge in [-0.3, -0.25) is 9.36 Å². The van der Waals surface area contributed by atoms with Crippen LogP contribution in [-0.2, 0) is 20.4 Å². The molecule has 1 atom stereocenters. The van der Waals surface area contributed by atoms with Gasteiger partial charge < -0.3 is 19.3 Å². The summed E-state index contributed by atoms with van der Waals surface area (Å²) in [6, 6.07) is 1.44. The first-order chi connectivity index (χ1) is 20.0. The number of thioether (sulfide) groups is 1. The van der Waals surface area contributed by atoms with E-state index in [4.69, 9.17) is 21.1 Å². The number of methoxy groups -OCH3 is 1. The van der Waals surface area contributed by atoms with Gasteiger partial charge in [0.25, 0.3) is 0 Å². The summed E-state index contributed by atoms with van der Waals surface area (Å²) < 4.78 is 84.9. The zero-order valence-electron chi connectivity index (χ0n) is 22.1. The second-order valence-electron chi connectivity index (χ2n) is 9.61. The van der Waals surface area contributed by atoms with Crippen LogP contribution in [0.15, 0.2) is 40.5 Å². The summed E-state index contributed by atoms with van der Waals surface area (Å²) in [5.74, 6) is -2.55. The van der Waals surface area contributed by atoms with Crippen molar-refractivity contribution in [3.8, 4) is 11.1 Å². The molecule has 15 heteroatoms. The van der Waals surface area contributed by atoms with Crippen LogP contribution >= 0.6 is 23.4 Å². The van der Waals surface area contributed by atoms with E-state index in [9.17, 15) is 27.2 Å². The normalized spacial score (nSPS) is 17.2. The summed E-state index contributed by atoms with van der Waals surface area (Å²) >= 11 is 6.88. The highest BCUT2D eigenvalue weighted by atomic mass is 35.5. The van der Waals surface area contributed by atoms with Crippen molar-refractivity contribution in [2.45, 2.75) is 17.1 Å². The van der Waals surface area contributed by atoms with Gasteiger partial charge in [-0.2, -0.15) is 18.2 Å². The lowest BCUT2D eigenvalue weighted by atomic mass is 9.95. The molecule has 8 nitrogen and oxygen atoms in total. The van der Waals surface area contributed by atoms with E-state index in [0.717, 1.165) is 23.9 Å². The van der Waals surface area contributed by atoms with Gasteiger partial charge in [0.1, 0.15) is 24.2 Å². The highest BCUT2D eigenvalue weighted by molar-refractivity contribution is 7.99. The Kier molecular flexibility index (Phi) is 8.52. The van der Waals surface area contributed by atoms with E-state index < -0.39 is 51.3 Å². The maximum Gasteiger partial charge on any atom is 0.417 e. The Morgan fingerprint density at radius 2 is 1.90 bits per heavy atom. The van der Waals surface area contributed by atoms with Crippen LogP contribution in [0, 0.1) is 11.6 Å². The van der Waals surface area contributed by atoms with Gasteiger partial charge in [0.05, 0.1) is 28.8 Å². The van der Waals surface area contributed by atoms with E-state index in [1.165, 1.54) is 22.7 Å². The van der Waals surface area contributed by atoms with Crippen LogP contribution in [-0.4, -0.2) is 72.8 Å². The van der Waals surface area contributed by atoms with Crippen LogP contribution < -0.4 is 10.6 Å². The molecule has 0 aliphatic carbocycles. The molecule has 1 aromatic heterocycles. The van der Waals surface area contributed by atoms with Crippen LogP contribution in [0.1, 0.15) is 11.6 Å². The molecule has 224 valence electrons. The molecule has 42 heavy (non-hydrogen) atoms. The summed E-state index contributed by atoms with van der Waals surface area (Å²) in [5.41, 5.74) is -2.93. The third-order valence-corrected chi connectivity index (χ3v) is 8.62. The SMILES string of the molecule is C=CC(=O)N1CCN(c2nc(=O)n3c4c(c(-c5cc(Cl)c(F)cc5F)c(C(F)(F)F)cc24)SC[C@@H]3COCOC)CC1.